The molecule has 0 radical (unpaired) electrons. The SMILES string of the molecule is CS(=O)(=O)N1CCC(C23CC(C2)[C@H](C(=O)Nc2nc(-c4ccccc4Cl)cs2)C3)CC1. The molecule has 1 N–H and O–H groups in total. The van der Waals surface area contributed by atoms with Crippen molar-refractivity contribution in [2.75, 3.05) is 24.7 Å². The van der Waals surface area contributed by atoms with E-state index in [4.69, 9.17) is 11.6 Å². The van der Waals surface area contributed by atoms with E-state index in [9.17, 15) is 13.2 Å². The van der Waals surface area contributed by atoms with E-state index < -0.39 is 10.0 Å². The highest BCUT2D eigenvalue weighted by molar-refractivity contribution is 7.88. The van der Waals surface area contributed by atoms with Crippen LogP contribution < -0.4 is 5.32 Å². The van der Waals surface area contributed by atoms with Crippen molar-refractivity contribution in [1.82, 2.24) is 9.29 Å². The highest BCUT2D eigenvalue weighted by Gasteiger charge is 2.61. The van der Waals surface area contributed by atoms with Crippen molar-refractivity contribution in [1.29, 1.82) is 0 Å². The number of hydrogen-bond donors (Lipinski definition) is 1. The topological polar surface area (TPSA) is 79.4 Å². The van der Waals surface area contributed by atoms with Crippen LogP contribution >= 0.6 is 22.9 Å². The van der Waals surface area contributed by atoms with Crippen LogP contribution in [0.25, 0.3) is 11.3 Å². The van der Waals surface area contributed by atoms with Gasteiger partial charge in [0.1, 0.15) is 0 Å². The van der Waals surface area contributed by atoms with Crippen LogP contribution in [0.15, 0.2) is 29.6 Å². The summed E-state index contributed by atoms with van der Waals surface area (Å²) in [5.41, 5.74) is 1.86. The van der Waals surface area contributed by atoms with Crippen molar-refractivity contribution in [3.63, 3.8) is 0 Å². The number of amides is 1. The quantitative estimate of drug-likeness (QED) is 0.685. The molecular formula is C22H26ClN3O3S2. The van der Waals surface area contributed by atoms with Crippen LogP contribution in [0.4, 0.5) is 5.13 Å². The number of sulfonamides is 1. The zero-order valence-corrected chi connectivity index (χ0v) is 19.8. The van der Waals surface area contributed by atoms with Crippen LogP contribution in [0.2, 0.25) is 5.02 Å². The van der Waals surface area contributed by atoms with Gasteiger partial charge in [0.2, 0.25) is 15.9 Å². The summed E-state index contributed by atoms with van der Waals surface area (Å²) in [7, 11) is -3.10. The Balaban J connectivity index is 1.21. The molecule has 1 aromatic carbocycles. The van der Waals surface area contributed by atoms with Gasteiger partial charge in [-0.2, -0.15) is 0 Å². The number of fused-ring (bicyclic) bond motifs is 1. The fourth-order valence-corrected chi connectivity index (χ4v) is 7.79. The van der Waals surface area contributed by atoms with Gasteiger partial charge in [-0.3, -0.25) is 4.79 Å². The normalized spacial score (nSPS) is 29.0. The summed E-state index contributed by atoms with van der Waals surface area (Å²) in [6.45, 7) is 1.22. The third-order valence-corrected chi connectivity index (χ3v) is 9.93. The van der Waals surface area contributed by atoms with Gasteiger partial charge in [0.15, 0.2) is 5.13 Å². The molecule has 1 amide bonds. The molecule has 2 heterocycles. The van der Waals surface area contributed by atoms with Crippen molar-refractivity contribution in [3.05, 3.63) is 34.7 Å². The Bertz CT molecular complexity index is 1100. The average Bonchev–Trinajstić information content (AvgIpc) is 3.41. The van der Waals surface area contributed by atoms with E-state index in [1.165, 1.54) is 17.6 Å². The molecule has 6 rings (SSSR count). The molecule has 1 saturated heterocycles. The lowest BCUT2D eigenvalue weighted by Gasteiger charge is -2.47. The van der Waals surface area contributed by atoms with Gasteiger partial charge in [0.25, 0.3) is 0 Å². The minimum Gasteiger partial charge on any atom is -0.302 e. The number of nitrogens with one attached hydrogen (secondary N) is 1. The number of rotatable bonds is 5. The van der Waals surface area contributed by atoms with Crippen molar-refractivity contribution in [3.8, 4) is 11.3 Å². The number of carbonyl (C=O) groups is 1. The number of benzene rings is 1. The van der Waals surface area contributed by atoms with Crippen molar-refractivity contribution >= 4 is 44.0 Å². The summed E-state index contributed by atoms with van der Waals surface area (Å²) in [5, 5.41) is 6.21. The molecule has 6 nitrogen and oxygen atoms in total. The van der Waals surface area contributed by atoms with Gasteiger partial charge in [-0.15, -0.1) is 11.3 Å². The number of anilines is 1. The van der Waals surface area contributed by atoms with Crippen LogP contribution in [-0.2, 0) is 14.8 Å². The van der Waals surface area contributed by atoms with Crippen molar-refractivity contribution in [2.24, 2.45) is 23.2 Å². The molecule has 2 bridgehead atoms. The molecule has 2 aromatic rings. The maximum Gasteiger partial charge on any atom is 0.229 e. The smallest absolute Gasteiger partial charge is 0.229 e. The van der Waals surface area contributed by atoms with Crippen LogP contribution in [0.5, 0.6) is 0 Å². The van der Waals surface area contributed by atoms with Gasteiger partial charge in [-0.05, 0) is 55.4 Å². The third-order valence-electron chi connectivity index (χ3n) is 7.54. The Labute approximate surface area is 192 Å². The molecule has 0 unspecified atom stereocenters. The average molecular weight is 480 g/mol. The molecule has 1 aliphatic heterocycles. The zero-order valence-electron chi connectivity index (χ0n) is 17.4. The van der Waals surface area contributed by atoms with Gasteiger partial charge in [-0.1, -0.05) is 29.8 Å². The molecule has 166 valence electrons. The maximum atomic E-state index is 13.0. The van der Waals surface area contributed by atoms with Gasteiger partial charge in [0.05, 0.1) is 11.9 Å². The lowest BCUT2D eigenvalue weighted by molar-refractivity contribution is -0.120. The number of nitrogens with zero attached hydrogens (tertiary/aromatic N) is 2. The summed E-state index contributed by atoms with van der Waals surface area (Å²) in [5.74, 6) is 1.06. The first-order valence-corrected chi connectivity index (χ1v) is 13.8. The van der Waals surface area contributed by atoms with Crippen molar-refractivity contribution in [2.45, 2.75) is 32.1 Å². The Morgan fingerprint density at radius 3 is 2.61 bits per heavy atom. The van der Waals surface area contributed by atoms with Gasteiger partial charge < -0.3 is 5.32 Å². The highest BCUT2D eigenvalue weighted by atomic mass is 35.5. The van der Waals surface area contributed by atoms with E-state index in [2.05, 4.69) is 10.3 Å². The third kappa shape index (κ3) is 3.92. The maximum absolute atomic E-state index is 13.0. The van der Waals surface area contributed by atoms with Gasteiger partial charge >= 0.3 is 0 Å². The fraction of sp³-hybridized carbons (Fsp3) is 0.545. The molecule has 0 spiro atoms. The molecule has 31 heavy (non-hydrogen) atoms. The number of hydrogen-bond acceptors (Lipinski definition) is 5. The highest BCUT2D eigenvalue weighted by Crippen LogP contribution is 2.67. The molecule has 3 saturated carbocycles. The second-order valence-corrected chi connectivity index (χ2v) is 12.5. The Kier molecular flexibility index (Phi) is 5.40. The number of halogens is 1. The van der Waals surface area contributed by atoms with Gasteiger partial charge in [-0.25, -0.2) is 17.7 Å². The standard InChI is InChI=1S/C22H26ClN3O3S2/c1-31(28,29)26-8-6-15(7-9-26)22-10-14(11-22)17(12-22)20(27)25-21-24-19(13-30-21)16-4-2-3-5-18(16)23/h2-5,13-15,17H,6-12H2,1H3,(H,24,25,27)/t14?,17-,22?/m1/s1. The van der Waals surface area contributed by atoms with Crippen LogP contribution in [0, 0.1) is 23.2 Å². The Morgan fingerprint density at radius 2 is 1.94 bits per heavy atom. The van der Waals surface area contributed by atoms with E-state index in [0.29, 0.717) is 35.1 Å². The second-order valence-electron chi connectivity index (χ2n) is 9.28. The van der Waals surface area contributed by atoms with E-state index >= 15 is 0 Å². The first-order valence-electron chi connectivity index (χ1n) is 10.7. The van der Waals surface area contributed by atoms with E-state index in [1.807, 2.05) is 29.6 Å². The summed E-state index contributed by atoms with van der Waals surface area (Å²) >= 11 is 7.69. The molecule has 1 atom stereocenters. The molecule has 4 fully saturated rings. The second kappa shape index (κ2) is 7.83. The largest absolute Gasteiger partial charge is 0.302 e. The lowest BCUT2D eigenvalue weighted by Crippen LogP contribution is -2.45. The number of piperidine rings is 1. The first kappa shape index (κ1) is 21.4. The number of aromatic nitrogens is 1. The minimum atomic E-state index is -3.10. The predicted molar refractivity (Wildman–Crippen MR) is 124 cm³/mol. The summed E-state index contributed by atoms with van der Waals surface area (Å²) in [6, 6.07) is 7.56. The number of thiazole rings is 1. The zero-order chi connectivity index (χ0) is 21.8. The Morgan fingerprint density at radius 1 is 1.23 bits per heavy atom. The molecule has 4 aliphatic rings. The minimum absolute atomic E-state index is 0.0283. The van der Waals surface area contributed by atoms with E-state index in [0.717, 1.165) is 43.4 Å². The summed E-state index contributed by atoms with van der Waals surface area (Å²) in [4.78, 5) is 17.6. The molecule has 3 aliphatic carbocycles. The lowest BCUT2D eigenvalue weighted by atomic mass is 9.60. The first-order chi connectivity index (χ1) is 14.7. The van der Waals surface area contributed by atoms with E-state index in [-0.39, 0.29) is 17.2 Å². The van der Waals surface area contributed by atoms with Gasteiger partial charge in [0, 0.05) is 35.0 Å². The van der Waals surface area contributed by atoms with Crippen molar-refractivity contribution < 1.29 is 13.2 Å². The summed E-state index contributed by atoms with van der Waals surface area (Å²) in [6.07, 6.45) is 6.20. The monoisotopic (exact) mass is 479 g/mol. The van der Waals surface area contributed by atoms with E-state index in [1.54, 1.807) is 4.31 Å². The Hall–Kier alpha value is -1.48. The fourth-order valence-electron chi connectivity index (χ4n) is 5.97. The van der Waals surface area contributed by atoms with Crippen LogP contribution in [-0.4, -0.2) is 43.0 Å². The molecule has 9 heteroatoms. The predicted octanol–water partition coefficient (Wildman–Crippen LogP) is 4.49. The van der Waals surface area contributed by atoms with Crippen LogP contribution in [0.3, 0.4) is 0 Å². The number of carbonyl (C=O) groups excluding carboxylic acids is 1. The molecule has 1 aromatic heterocycles. The van der Waals surface area contributed by atoms with Crippen LogP contribution in [0.1, 0.15) is 32.1 Å². The molecular weight excluding hydrogens is 454 g/mol. The summed E-state index contributed by atoms with van der Waals surface area (Å²) < 4.78 is 25.2.